The standard InChI is InChI=1S/C15H16ClFN2OS/c1-19(2)14(10-5-6-21-9-10)8-18-15(20)12-7-11(16)3-4-13(12)17/h3-7,9,14H,8H2,1-2H3,(H,18,20)/t14-/m1/s1. The van der Waals surface area contributed by atoms with E-state index in [1.54, 1.807) is 11.3 Å². The highest BCUT2D eigenvalue weighted by atomic mass is 35.5. The van der Waals surface area contributed by atoms with Crippen LogP contribution in [0, 0.1) is 5.82 Å². The van der Waals surface area contributed by atoms with Gasteiger partial charge in [-0.05, 0) is 54.7 Å². The molecule has 1 aromatic carbocycles. The monoisotopic (exact) mass is 326 g/mol. The second kappa shape index (κ2) is 7.02. The number of thiophene rings is 1. The zero-order valence-corrected chi connectivity index (χ0v) is 13.3. The minimum absolute atomic E-state index is 0.0367. The number of carbonyl (C=O) groups excluding carboxylic acids is 1. The first-order valence-electron chi connectivity index (χ1n) is 6.41. The maximum Gasteiger partial charge on any atom is 0.254 e. The summed E-state index contributed by atoms with van der Waals surface area (Å²) in [6.07, 6.45) is 0. The van der Waals surface area contributed by atoms with Gasteiger partial charge in [-0.3, -0.25) is 4.79 Å². The SMILES string of the molecule is CN(C)[C@H](CNC(=O)c1cc(Cl)ccc1F)c1ccsc1. The Kier molecular flexibility index (Phi) is 5.33. The molecular formula is C15H16ClFN2OS. The summed E-state index contributed by atoms with van der Waals surface area (Å²) in [5, 5.41) is 7.13. The van der Waals surface area contributed by atoms with Crippen molar-refractivity contribution in [1.29, 1.82) is 0 Å². The number of halogens is 2. The first kappa shape index (κ1) is 15.9. The average Bonchev–Trinajstić information content (AvgIpc) is 2.95. The van der Waals surface area contributed by atoms with Gasteiger partial charge in [0.2, 0.25) is 0 Å². The van der Waals surface area contributed by atoms with Crippen LogP contribution in [-0.4, -0.2) is 31.4 Å². The number of hydrogen-bond donors (Lipinski definition) is 1. The van der Waals surface area contributed by atoms with Crippen LogP contribution in [0.4, 0.5) is 4.39 Å². The second-order valence-electron chi connectivity index (χ2n) is 4.87. The molecule has 0 radical (unpaired) electrons. The van der Waals surface area contributed by atoms with Crippen molar-refractivity contribution < 1.29 is 9.18 Å². The molecule has 6 heteroatoms. The van der Waals surface area contributed by atoms with Gasteiger partial charge < -0.3 is 10.2 Å². The molecule has 1 atom stereocenters. The number of hydrogen-bond acceptors (Lipinski definition) is 3. The van der Waals surface area contributed by atoms with Crippen LogP contribution in [-0.2, 0) is 0 Å². The van der Waals surface area contributed by atoms with Crippen molar-refractivity contribution in [3.05, 3.63) is 57.0 Å². The van der Waals surface area contributed by atoms with Gasteiger partial charge in [0.1, 0.15) is 5.82 Å². The quantitative estimate of drug-likeness (QED) is 0.911. The van der Waals surface area contributed by atoms with Crippen LogP contribution in [0.25, 0.3) is 0 Å². The molecule has 0 aliphatic rings. The lowest BCUT2D eigenvalue weighted by Crippen LogP contribution is -2.34. The maximum atomic E-state index is 13.6. The smallest absolute Gasteiger partial charge is 0.254 e. The fourth-order valence-electron chi connectivity index (χ4n) is 2.02. The van der Waals surface area contributed by atoms with Crippen molar-refractivity contribution in [1.82, 2.24) is 10.2 Å². The molecule has 1 aromatic heterocycles. The molecule has 0 saturated heterocycles. The van der Waals surface area contributed by atoms with Crippen LogP contribution in [0.1, 0.15) is 22.0 Å². The van der Waals surface area contributed by atoms with Crippen LogP contribution in [0.5, 0.6) is 0 Å². The van der Waals surface area contributed by atoms with Gasteiger partial charge in [-0.15, -0.1) is 0 Å². The van der Waals surface area contributed by atoms with Gasteiger partial charge in [-0.2, -0.15) is 11.3 Å². The fraction of sp³-hybridized carbons (Fsp3) is 0.267. The Balaban J connectivity index is 2.07. The predicted octanol–water partition coefficient (Wildman–Crippen LogP) is 3.57. The van der Waals surface area contributed by atoms with Gasteiger partial charge in [-0.25, -0.2) is 4.39 Å². The summed E-state index contributed by atoms with van der Waals surface area (Å²) in [5.74, 6) is -1.04. The van der Waals surface area contributed by atoms with Gasteiger partial charge in [-0.1, -0.05) is 11.6 Å². The Labute approximate surface area is 132 Å². The Hall–Kier alpha value is -1.43. The molecule has 0 unspecified atom stereocenters. The molecule has 0 bridgehead atoms. The third-order valence-corrected chi connectivity index (χ3v) is 4.12. The Morgan fingerprint density at radius 2 is 2.19 bits per heavy atom. The fourth-order valence-corrected chi connectivity index (χ4v) is 2.90. The summed E-state index contributed by atoms with van der Waals surface area (Å²) in [7, 11) is 3.88. The summed E-state index contributed by atoms with van der Waals surface area (Å²) >= 11 is 7.41. The third-order valence-electron chi connectivity index (χ3n) is 3.18. The van der Waals surface area contributed by atoms with E-state index < -0.39 is 11.7 Å². The minimum atomic E-state index is -0.575. The Morgan fingerprint density at radius 3 is 2.81 bits per heavy atom. The molecular weight excluding hydrogens is 311 g/mol. The molecule has 1 heterocycles. The number of carbonyl (C=O) groups is 1. The highest BCUT2D eigenvalue weighted by Crippen LogP contribution is 2.20. The lowest BCUT2D eigenvalue weighted by atomic mass is 10.1. The largest absolute Gasteiger partial charge is 0.350 e. The Morgan fingerprint density at radius 1 is 1.43 bits per heavy atom. The molecule has 1 N–H and O–H groups in total. The number of nitrogens with one attached hydrogen (secondary N) is 1. The number of amides is 1. The van der Waals surface area contributed by atoms with Crippen LogP contribution in [0.15, 0.2) is 35.0 Å². The highest BCUT2D eigenvalue weighted by molar-refractivity contribution is 7.07. The van der Waals surface area contributed by atoms with Gasteiger partial charge in [0.05, 0.1) is 11.6 Å². The second-order valence-corrected chi connectivity index (χ2v) is 6.09. The van der Waals surface area contributed by atoms with Crippen molar-refractivity contribution in [3.8, 4) is 0 Å². The summed E-state index contributed by atoms with van der Waals surface area (Å²) in [5.41, 5.74) is 1.09. The van der Waals surface area contributed by atoms with Crippen molar-refractivity contribution in [2.45, 2.75) is 6.04 Å². The first-order chi connectivity index (χ1) is 9.99. The molecule has 21 heavy (non-hydrogen) atoms. The van der Waals surface area contributed by atoms with E-state index in [2.05, 4.69) is 5.32 Å². The van der Waals surface area contributed by atoms with Crippen LogP contribution in [0.3, 0.4) is 0 Å². The molecule has 0 fully saturated rings. The molecule has 0 aliphatic heterocycles. The molecule has 0 aliphatic carbocycles. The van der Waals surface area contributed by atoms with E-state index in [1.165, 1.54) is 18.2 Å². The number of benzene rings is 1. The van der Waals surface area contributed by atoms with Crippen LogP contribution >= 0.6 is 22.9 Å². The number of nitrogens with zero attached hydrogens (tertiary/aromatic N) is 1. The molecule has 3 nitrogen and oxygen atoms in total. The van der Waals surface area contributed by atoms with E-state index >= 15 is 0 Å². The van der Waals surface area contributed by atoms with Crippen LogP contribution in [0.2, 0.25) is 5.02 Å². The maximum absolute atomic E-state index is 13.6. The van der Waals surface area contributed by atoms with Gasteiger partial charge >= 0.3 is 0 Å². The summed E-state index contributed by atoms with van der Waals surface area (Å²) in [4.78, 5) is 14.1. The topological polar surface area (TPSA) is 32.3 Å². The zero-order valence-electron chi connectivity index (χ0n) is 11.8. The highest BCUT2D eigenvalue weighted by Gasteiger charge is 2.18. The zero-order chi connectivity index (χ0) is 15.4. The van der Waals surface area contributed by atoms with Gasteiger partial charge in [0.25, 0.3) is 5.91 Å². The average molecular weight is 327 g/mol. The number of likely N-dealkylation sites (N-methyl/N-ethyl adjacent to an activating group) is 1. The minimum Gasteiger partial charge on any atom is -0.350 e. The molecule has 1 amide bonds. The molecule has 2 rings (SSSR count). The first-order valence-corrected chi connectivity index (χ1v) is 7.73. The van der Waals surface area contributed by atoms with Crippen LogP contribution < -0.4 is 5.32 Å². The molecule has 112 valence electrons. The van der Waals surface area contributed by atoms with E-state index in [4.69, 9.17) is 11.6 Å². The van der Waals surface area contributed by atoms with E-state index in [-0.39, 0.29) is 11.6 Å². The lowest BCUT2D eigenvalue weighted by Gasteiger charge is -2.24. The lowest BCUT2D eigenvalue weighted by molar-refractivity contribution is 0.0938. The van der Waals surface area contributed by atoms with E-state index in [0.29, 0.717) is 11.6 Å². The molecule has 2 aromatic rings. The third kappa shape index (κ3) is 4.03. The molecule has 0 spiro atoms. The predicted molar refractivity (Wildman–Crippen MR) is 84.5 cm³/mol. The van der Waals surface area contributed by atoms with Gasteiger partial charge in [0, 0.05) is 11.6 Å². The summed E-state index contributed by atoms with van der Waals surface area (Å²) < 4.78 is 13.6. The van der Waals surface area contributed by atoms with Crippen molar-refractivity contribution in [2.75, 3.05) is 20.6 Å². The normalized spacial score (nSPS) is 12.4. The number of rotatable bonds is 5. The van der Waals surface area contributed by atoms with Crippen molar-refractivity contribution in [3.63, 3.8) is 0 Å². The van der Waals surface area contributed by atoms with Crippen molar-refractivity contribution in [2.24, 2.45) is 0 Å². The van der Waals surface area contributed by atoms with Crippen molar-refractivity contribution >= 4 is 28.8 Å². The Bertz CT molecular complexity index is 616. The van der Waals surface area contributed by atoms with Gasteiger partial charge in [0.15, 0.2) is 0 Å². The summed E-state index contributed by atoms with van der Waals surface area (Å²) in [6, 6.07) is 6.01. The van der Waals surface area contributed by atoms with E-state index in [0.717, 1.165) is 5.56 Å². The van der Waals surface area contributed by atoms with E-state index in [9.17, 15) is 9.18 Å². The molecule has 0 saturated carbocycles. The summed E-state index contributed by atoms with van der Waals surface area (Å²) in [6.45, 7) is 0.397. The van der Waals surface area contributed by atoms with E-state index in [1.807, 2.05) is 35.8 Å².